The molecule has 1 atom stereocenters. The van der Waals surface area contributed by atoms with Crippen LogP contribution in [0.3, 0.4) is 0 Å². The molecule has 10 nitrogen and oxygen atoms in total. The van der Waals surface area contributed by atoms with E-state index in [1.807, 2.05) is 33.8 Å². The van der Waals surface area contributed by atoms with Crippen molar-refractivity contribution in [2.75, 3.05) is 38.1 Å². The molecule has 2 amide bonds. The molecule has 2 aliphatic heterocycles. The number of rotatable bonds is 9. The number of thioether (sulfide) groups is 1. The average molecular weight is 670 g/mol. The zero-order valence-electron chi connectivity index (χ0n) is 28.1. The molecule has 0 aliphatic carbocycles. The van der Waals surface area contributed by atoms with Crippen molar-refractivity contribution < 1.29 is 23.5 Å². The lowest BCUT2D eigenvalue weighted by Gasteiger charge is -2.36. The smallest absolute Gasteiger partial charge is 0.410 e. The van der Waals surface area contributed by atoms with Gasteiger partial charge in [-0.15, -0.1) is 11.8 Å². The number of thiazole rings is 1. The Morgan fingerprint density at radius 1 is 1.09 bits per heavy atom. The van der Waals surface area contributed by atoms with Gasteiger partial charge in [0.05, 0.1) is 28.4 Å². The molecule has 1 saturated heterocycles. The normalized spacial score (nSPS) is 17.9. The van der Waals surface area contributed by atoms with E-state index >= 15 is 0 Å². The standard InChI is InChI=1S/C34H47N5O5S2/c1-22-26-9-8-25(18-24(26)12-15-39(22)32(41)44-34(5,6)7)42-17-16-38-13-10-23(11-14-38)30(40)37-31-36-20-29(46-31)45-21-28-35-19-27(43-28)33(2,3)4/h8-9,18-20,22-23H,10-17,21H2,1-7H3,(H,36,37,40). The third-order valence-corrected chi connectivity index (χ3v) is 10.4. The Bertz CT molecular complexity index is 1500. The third-order valence-electron chi connectivity index (χ3n) is 8.26. The molecular weight excluding hydrogens is 623 g/mol. The molecule has 1 fully saturated rings. The second kappa shape index (κ2) is 14.4. The predicted octanol–water partition coefficient (Wildman–Crippen LogP) is 7.30. The number of piperidine rings is 1. The number of benzene rings is 1. The van der Waals surface area contributed by atoms with Crippen LogP contribution >= 0.6 is 23.1 Å². The third kappa shape index (κ3) is 9.04. The van der Waals surface area contributed by atoms with E-state index in [1.54, 1.807) is 29.1 Å². The fourth-order valence-corrected chi connectivity index (χ4v) is 7.36. The lowest BCUT2D eigenvalue weighted by atomic mass is 9.93. The average Bonchev–Trinajstić information content (AvgIpc) is 3.65. The Balaban J connectivity index is 1.01. The zero-order chi connectivity index (χ0) is 33.1. The summed E-state index contributed by atoms with van der Waals surface area (Å²) in [5.41, 5.74) is 1.77. The molecule has 3 aromatic rings. The van der Waals surface area contributed by atoms with E-state index in [4.69, 9.17) is 13.9 Å². The van der Waals surface area contributed by atoms with E-state index in [2.05, 4.69) is 53.1 Å². The number of amides is 2. The summed E-state index contributed by atoms with van der Waals surface area (Å²) in [7, 11) is 0. The van der Waals surface area contributed by atoms with E-state index in [1.165, 1.54) is 16.9 Å². The molecule has 0 saturated carbocycles. The SMILES string of the molecule is CC1c2ccc(OCCN3CCC(C(=O)Nc4ncc(SCc5ncc(C(C)(C)C)o5)s4)CC3)cc2CCN1C(=O)OC(C)(C)C. The topological polar surface area (TPSA) is 110 Å². The molecule has 4 heterocycles. The minimum atomic E-state index is -0.515. The molecule has 46 heavy (non-hydrogen) atoms. The van der Waals surface area contributed by atoms with Gasteiger partial charge in [-0.05, 0) is 83.3 Å². The van der Waals surface area contributed by atoms with Crippen LogP contribution in [0.1, 0.15) is 90.1 Å². The lowest BCUT2D eigenvalue weighted by molar-refractivity contribution is -0.121. The molecule has 1 N–H and O–H groups in total. The van der Waals surface area contributed by atoms with Crippen LogP contribution in [-0.2, 0) is 27.1 Å². The van der Waals surface area contributed by atoms with Gasteiger partial charge in [-0.1, -0.05) is 38.2 Å². The van der Waals surface area contributed by atoms with Gasteiger partial charge < -0.3 is 24.1 Å². The van der Waals surface area contributed by atoms with Crippen molar-refractivity contribution in [2.24, 2.45) is 5.92 Å². The van der Waals surface area contributed by atoms with Gasteiger partial charge in [0.25, 0.3) is 0 Å². The van der Waals surface area contributed by atoms with Crippen molar-refractivity contribution in [3.8, 4) is 5.75 Å². The van der Waals surface area contributed by atoms with Gasteiger partial charge in [0, 0.05) is 24.4 Å². The summed E-state index contributed by atoms with van der Waals surface area (Å²) in [6, 6.07) is 6.12. The molecule has 0 radical (unpaired) electrons. The lowest BCUT2D eigenvalue weighted by Crippen LogP contribution is -2.42. The maximum atomic E-state index is 13.0. The predicted molar refractivity (Wildman–Crippen MR) is 182 cm³/mol. The summed E-state index contributed by atoms with van der Waals surface area (Å²) in [4.78, 5) is 38.6. The van der Waals surface area contributed by atoms with Gasteiger partial charge in [-0.25, -0.2) is 14.8 Å². The first-order chi connectivity index (χ1) is 21.7. The quantitative estimate of drug-likeness (QED) is 0.235. The summed E-state index contributed by atoms with van der Waals surface area (Å²) in [6.45, 7) is 17.7. The highest BCUT2D eigenvalue weighted by Crippen LogP contribution is 2.34. The van der Waals surface area contributed by atoms with Gasteiger partial charge in [-0.3, -0.25) is 9.69 Å². The van der Waals surface area contributed by atoms with Crippen LogP contribution in [0.25, 0.3) is 0 Å². The summed E-state index contributed by atoms with van der Waals surface area (Å²) in [6.07, 6.45) is 5.71. The minimum Gasteiger partial charge on any atom is -0.492 e. The number of fused-ring (bicyclic) bond motifs is 1. The van der Waals surface area contributed by atoms with Gasteiger partial charge in [0.2, 0.25) is 11.8 Å². The van der Waals surface area contributed by atoms with E-state index in [0.717, 1.165) is 60.2 Å². The van der Waals surface area contributed by atoms with Crippen molar-refractivity contribution >= 4 is 40.2 Å². The number of likely N-dealkylation sites (tertiary alicyclic amines) is 1. The van der Waals surface area contributed by atoms with Gasteiger partial charge >= 0.3 is 6.09 Å². The number of ether oxygens (including phenoxy) is 2. The Hall–Kier alpha value is -3.09. The number of oxazole rings is 1. The number of hydrogen-bond donors (Lipinski definition) is 1. The van der Waals surface area contributed by atoms with Crippen LogP contribution in [0, 0.1) is 5.92 Å². The second-order valence-electron chi connectivity index (χ2n) is 14.1. The van der Waals surface area contributed by atoms with E-state index in [-0.39, 0.29) is 29.4 Å². The number of carbonyl (C=O) groups excluding carboxylic acids is 2. The second-order valence-corrected chi connectivity index (χ2v) is 16.4. The number of aromatic nitrogens is 2. The Kier molecular flexibility index (Phi) is 10.7. The van der Waals surface area contributed by atoms with Crippen LogP contribution in [0.2, 0.25) is 0 Å². The van der Waals surface area contributed by atoms with E-state index in [0.29, 0.717) is 29.9 Å². The first-order valence-corrected chi connectivity index (χ1v) is 17.9. The van der Waals surface area contributed by atoms with Crippen LogP contribution in [0.5, 0.6) is 5.75 Å². The number of hydrogen-bond acceptors (Lipinski definition) is 10. The largest absolute Gasteiger partial charge is 0.492 e. The maximum absolute atomic E-state index is 13.0. The van der Waals surface area contributed by atoms with E-state index < -0.39 is 5.60 Å². The van der Waals surface area contributed by atoms with Crippen LogP contribution in [-0.4, -0.2) is 70.2 Å². The van der Waals surface area contributed by atoms with Gasteiger partial charge in [0.1, 0.15) is 23.7 Å². The molecule has 0 bridgehead atoms. The highest BCUT2D eigenvalue weighted by Gasteiger charge is 2.31. The molecule has 1 aromatic carbocycles. The van der Waals surface area contributed by atoms with Crippen LogP contribution in [0.4, 0.5) is 9.93 Å². The molecule has 2 aliphatic rings. The summed E-state index contributed by atoms with van der Waals surface area (Å²) in [5.74, 6) is 3.05. The number of carbonyl (C=O) groups is 2. The Labute approximate surface area is 280 Å². The molecule has 1 unspecified atom stereocenters. The summed E-state index contributed by atoms with van der Waals surface area (Å²) >= 11 is 3.09. The van der Waals surface area contributed by atoms with Crippen molar-refractivity contribution in [2.45, 2.75) is 94.7 Å². The number of nitrogens with one attached hydrogen (secondary N) is 1. The zero-order valence-corrected chi connectivity index (χ0v) is 29.7. The fraction of sp³-hybridized carbons (Fsp3) is 0.588. The van der Waals surface area contributed by atoms with Crippen molar-refractivity contribution in [1.82, 2.24) is 19.8 Å². The number of nitrogens with zero attached hydrogens (tertiary/aromatic N) is 4. The molecule has 5 rings (SSSR count). The summed E-state index contributed by atoms with van der Waals surface area (Å²) in [5, 5.41) is 3.65. The van der Waals surface area contributed by atoms with Crippen molar-refractivity contribution in [1.29, 1.82) is 0 Å². The monoisotopic (exact) mass is 669 g/mol. The van der Waals surface area contributed by atoms with Gasteiger partial charge in [-0.2, -0.15) is 0 Å². The molecule has 12 heteroatoms. The van der Waals surface area contributed by atoms with Crippen LogP contribution in [0.15, 0.2) is 39.2 Å². The minimum absolute atomic E-state index is 0.0248. The summed E-state index contributed by atoms with van der Waals surface area (Å²) < 4.78 is 18.6. The molecule has 0 spiro atoms. The maximum Gasteiger partial charge on any atom is 0.410 e. The van der Waals surface area contributed by atoms with Crippen molar-refractivity contribution in [3.05, 3.63) is 53.4 Å². The van der Waals surface area contributed by atoms with Gasteiger partial charge in [0.15, 0.2) is 5.13 Å². The number of anilines is 1. The fourth-order valence-electron chi connectivity index (χ4n) is 5.63. The molecule has 2 aromatic heterocycles. The highest BCUT2D eigenvalue weighted by molar-refractivity contribution is 8.00. The Morgan fingerprint density at radius 2 is 1.85 bits per heavy atom. The Morgan fingerprint density at radius 3 is 2.54 bits per heavy atom. The first kappa shape index (κ1) is 34.3. The van der Waals surface area contributed by atoms with E-state index in [9.17, 15) is 9.59 Å². The molecular formula is C34H47N5O5S2. The van der Waals surface area contributed by atoms with Crippen LogP contribution < -0.4 is 10.1 Å². The molecule has 250 valence electrons. The van der Waals surface area contributed by atoms with Crippen molar-refractivity contribution in [3.63, 3.8) is 0 Å². The first-order valence-electron chi connectivity index (χ1n) is 16.1. The highest BCUT2D eigenvalue weighted by atomic mass is 32.2.